The number of hydrogen-bond acceptors (Lipinski definition) is 7. The summed E-state index contributed by atoms with van der Waals surface area (Å²) in [4.78, 5) is 15.0. The fourth-order valence-corrected chi connectivity index (χ4v) is 2.53. The van der Waals surface area contributed by atoms with E-state index in [1.54, 1.807) is 7.11 Å². The summed E-state index contributed by atoms with van der Waals surface area (Å²) in [5, 5.41) is 0. The molecular formula is C12H22N6O. The van der Waals surface area contributed by atoms with Crippen LogP contribution in [0.1, 0.15) is 39.0 Å². The van der Waals surface area contributed by atoms with Crippen molar-refractivity contribution in [3.63, 3.8) is 0 Å². The van der Waals surface area contributed by atoms with Crippen LogP contribution in [0.3, 0.4) is 0 Å². The molecule has 1 aliphatic rings. The SMILES string of the molecule is CCCC1CCCCN1c1nc(NN)nc(OC)n1. The molecule has 1 atom stereocenters. The molecule has 2 rings (SSSR count). The zero-order valence-electron chi connectivity index (χ0n) is 11.6. The molecule has 1 fully saturated rings. The van der Waals surface area contributed by atoms with Gasteiger partial charge in [0.2, 0.25) is 11.9 Å². The van der Waals surface area contributed by atoms with Gasteiger partial charge in [0, 0.05) is 12.6 Å². The number of hydrazine groups is 1. The summed E-state index contributed by atoms with van der Waals surface area (Å²) >= 11 is 0. The largest absolute Gasteiger partial charge is 0.467 e. The van der Waals surface area contributed by atoms with Crippen LogP contribution in [0.4, 0.5) is 11.9 Å². The van der Waals surface area contributed by atoms with Crippen molar-refractivity contribution in [3.05, 3.63) is 0 Å². The van der Waals surface area contributed by atoms with Crippen molar-refractivity contribution >= 4 is 11.9 Å². The zero-order chi connectivity index (χ0) is 13.7. The fraction of sp³-hybridized carbons (Fsp3) is 0.750. The van der Waals surface area contributed by atoms with E-state index in [-0.39, 0.29) is 0 Å². The Balaban J connectivity index is 2.26. The minimum Gasteiger partial charge on any atom is -0.467 e. The van der Waals surface area contributed by atoms with Crippen LogP contribution in [0.15, 0.2) is 0 Å². The van der Waals surface area contributed by atoms with Crippen LogP contribution >= 0.6 is 0 Å². The van der Waals surface area contributed by atoms with Crippen molar-refractivity contribution in [3.8, 4) is 6.01 Å². The molecule has 3 N–H and O–H groups in total. The maximum absolute atomic E-state index is 5.39. The second-order valence-corrected chi connectivity index (χ2v) is 4.72. The monoisotopic (exact) mass is 266 g/mol. The third kappa shape index (κ3) is 3.23. The van der Waals surface area contributed by atoms with E-state index in [4.69, 9.17) is 10.6 Å². The zero-order valence-corrected chi connectivity index (χ0v) is 11.6. The second kappa shape index (κ2) is 6.51. The van der Waals surface area contributed by atoms with Gasteiger partial charge in [-0.2, -0.15) is 15.0 Å². The van der Waals surface area contributed by atoms with E-state index in [0.717, 1.165) is 19.4 Å². The number of nitrogen functional groups attached to an aromatic ring is 1. The van der Waals surface area contributed by atoms with E-state index >= 15 is 0 Å². The van der Waals surface area contributed by atoms with Crippen LogP contribution in [0, 0.1) is 0 Å². The van der Waals surface area contributed by atoms with Gasteiger partial charge in [-0.05, 0) is 25.7 Å². The maximum Gasteiger partial charge on any atom is 0.322 e. The van der Waals surface area contributed by atoms with Crippen LogP contribution < -0.4 is 20.9 Å². The number of nitrogens with zero attached hydrogens (tertiary/aromatic N) is 4. The van der Waals surface area contributed by atoms with Gasteiger partial charge in [0.1, 0.15) is 0 Å². The summed E-state index contributed by atoms with van der Waals surface area (Å²) in [7, 11) is 1.54. The molecule has 2 heterocycles. The molecule has 1 aromatic heterocycles. The predicted molar refractivity (Wildman–Crippen MR) is 74.1 cm³/mol. The fourth-order valence-electron chi connectivity index (χ4n) is 2.53. The molecule has 0 aliphatic carbocycles. The van der Waals surface area contributed by atoms with E-state index in [1.165, 1.54) is 19.3 Å². The Morgan fingerprint density at radius 2 is 2.21 bits per heavy atom. The Bertz CT molecular complexity index is 389. The van der Waals surface area contributed by atoms with Crippen molar-refractivity contribution in [2.45, 2.75) is 45.1 Å². The molecule has 1 aliphatic heterocycles. The summed E-state index contributed by atoms with van der Waals surface area (Å²) < 4.78 is 5.10. The molecular weight excluding hydrogens is 244 g/mol. The first-order valence-corrected chi connectivity index (χ1v) is 6.81. The van der Waals surface area contributed by atoms with Crippen LogP contribution in [0.2, 0.25) is 0 Å². The Hall–Kier alpha value is -1.63. The third-order valence-electron chi connectivity index (χ3n) is 3.42. The number of ether oxygens (including phenoxy) is 1. The highest BCUT2D eigenvalue weighted by Crippen LogP contribution is 2.26. The van der Waals surface area contributed by atoms with Crippen LogP contribution in [0.5, 0.6) is 6.01 Å². The lowest BCUT2D eigenvalue weighted by Gasteiger charge is -2.35. The van der Waals surface area contributed by atoms with Crippen LogP contribution in [-0.4, -0.2) is 34.6 Å². The Morgan fingerprint density at radius 3 is 2.89 bits per heavy atom. The first kappa shape index (κ1) is 13.8. The maximum atomic E-state index is 5.39. The number of aromatic nitrogens is 3. The third-order valence-corrected chi connectivity index (χ3v) is 3.42. The number of anilines is 2. The predicted octanol–water partition coefficient (Wildman–Crippen LogP) is 1.32. The molecule has 1 aromatic rings. The summed E-state index contributed by atoms with van der Waals surface area (Å²) in [5.41, 5.74) is 2.46. The molecule has 0 saturated carbocycles. The first-order chi connectivity index (χ1) is 9.28. The quantitative estimate of drug-likeness (QED) is 0.613. The van der Waals surface area contributed by atoms with Gasteiger partial charge in [0.05, 0.1) is 7.11 Å². The highest BCUT2D eigenvalue weighted by Gasteiger charge is 2.25. The molecule has 0 aromatic carbocycles. The number of nitrogens with two attached hydrogens (primary N) is 1. The van der Waals surface area contributed by atoms with E-state index in [9.17, 15) is 0 Å². The van der Waals surface area contributed by atoms with Gasteiger partial charge in [0.15, 0.2) is 0 Å². The van der Waals surface area contributed by atoms with E-state index in [1.807, 2.05) is 0 Å². The molecule has 7 heteroatoms. The standard InChI is InChI=1S/C12H22N6O/c1-3-6-9-7-4-5-8-18(9)11-14-10(17-13)15-12(16-11)19-2/h9H,3-8,13H2,1-2H3,(H,14,15,16,17). The lowest BCUT2D eigenvalue weighted by atomic mass is 9.99. The topological polar surface area (TPSA) is 89.2 Å². The lowest BCUT2D eigenvalue weighted by molar-refractivity contribution is 0.374. The van der Waals surface area contributed by atoms with Gasteiger partial charge < -0.3 is 9.64 Å². The van der Waals surface area contributed by atoms with Crippen molar-refractivity contribution in [1.29, 1.82) is 0 Å². The molecule has 19 heavy (non-hydrogen) atoms. The minimum atomic E-state index is 0.291. The average Bonchev–Trinajstić information content (AvgIpc) is 2.47. The molecule has 7 nitrogen and oxygen atoms in total. The highest BCUT2D eigenvalue weighted by molar-refractivity contribution is 5.39. The summed E-state index contributed by atoms with van der Waals surface area (Å²) in [6.45, 7) is 3.18. The van der Waals surface area contributed by atoms with Gasteiger partial charge in [-0.3, -0.25) is 5.43 Å². The number of piperidine rings is 1. The first-order valence-electron chi connectivity index (χ1n) is 6.81. The van der Waals surface area contributed by atoms with Gasteiger partial charge in [-0.1, -0.05) is 13.3 Å². The normalized spacial score (nSPS) is 19.3. The van der Waals surface area contributed by atoms with Crippen molar-refractivity contribution in [1.82, 2.24) is 15.0 Å². The summed E-state index contributed by atoms with van der Waals surface area (Å²) in [6, 6.07) is 0.787. The number of methoxy groups -OCH3 is 1. The Labute approximate surface area is 113 Å². The summed E-state index contributed by atoms with van der Waals surface area (Å²) in [6.07, 6.45) is 5.93. The van der Waals surface area contributed by atoms with Gasteiger partial charge in [-0.25, -0.2) is 5.84 Å². The molecule has 0 bridgehead atoms. The van der Waals surface area contributed by atoms with Crippen LogP contribution in [0.25, 0.3) is 0 Å². The summed E-state index contributed by atoms with van der Waals surface area (Å²) in [5.74, 6) is 6.38. The van der Waals surface area contributed by atoms with Gasteiger partial charge >= 0.3 is 6.01 Å². The molecule has 106 valence electrons. The lowest BCUT2D eigenvalue weighted by Crippen LogP contribution is -2.40. The van der Waals surface area contributed by atoms with Crippen molar-refractivity contribution < 1.29 is 4.74 Å². The number of rotatable bonds is 5. The van der Waals surface area contributed by atoms with Crippen molar-refractivity contribution in [2.24, 2.45) is 5.84 Å². The van der Waals surface area contributed by atoms with Gasteiger partial charge in [0.25, 0.3) is 0 Å². The number of nitrogens with one attached hydrogen (secondary N) is 1. The highest BCUT2D eigenvalue weighted by atomic mass is 16.5. The molecule has 0 radical (unpaired) electrons. The minimum absolute atomic E-state index is 0.291. The molecule has 1 saturated heterocycles. The van der Waals surface area contributed by atoms with E-state index < -0.39 is 0 Å². The average molecular weight is 266 g/mol. The van der Waals surface area contributed by atoms with Crippen molar-refractivity contribution in [2.75, 3.05) is 24.0 Å². The molecule has 1 unspecified atom stereocenters. The molecule has 0 amide bonds. The van der Waals surface area contributed by atoms with E-state index in [2.05, 4.69) is 32.2 Å². The molecule has 0 spiro atoms. The van der Waals surface area contributed by atoms with E-state index in [0.29, 0.717) is 23.9 Å². The Kier molecular flexibility index (Phi) is 4.73. The Morgan fingerprint density at radius 1 is 1.37 bits per heavy atom. The smallest absolute Gasteiger partial charge is 0.322 e. The van der Waals surface area contributed by atoms with Crippen LogP contribution in [-0.2, 0) is 0 Å². The second-order valence-electron chi connectivity index (χ2n) is 4.72. The van der Waals surface area contributed by atoms with Gasteiger partial charge in [-0.15, -0.1) is 0 Å². The number of hydrogen-bond donors (Lipinski definition) is 2.